The van der Waals surface area contributed by atoms with Crippen LogP contribution < -0.4 is 0 Å². The maximum atomic E-state index is 14.1. The van der Waals surface area contributed by atoms with Gasteiger partial charge < -0.3 is 20.4 Å². The van der Waals surface area contributed by atoms with Crippen molar-refractivity contribution in [3.63, 3.8) is 0 Å². The third-order valence-electron chi connectivity index (χ3n) is 12.4. The second-order valence-electron chi connectivity index (χ2n) is 14.4. The number of aliphatic hydroxyl groups excluding tert-OH is 3. The average Bonchev–Trinajstić information content (AvgIpc) is 2.76. The fraction of sp³-hybridized carbons (Fsp3) is 0.862. The van der Waals surface area contributed by atoms with E-state index in [0.29, 0.717) is 19.3 Å². The molecule has 4 saturated carbocycles. The lowest BCUT2D eigenvalue weighted by Crippen LogP contribution is -2.70. The molecule has 0 radical (unpaired) electrons. The van der Waals surface area contributed by atoms with E-state index in [1.807, 2.05) is 6.92 Å². The van der Waals surface area contributed by atoms with Gasteiger partial charge in [0.25, 0.3) is 0 Å². The van der Waals surface area contributed by atoms with Gasteiger partial charge in [0.2, 0.25) is 0 Å². The number of hydrogen-bond donors (Lipinski definition) is 4. The first-order valence-corrected chi connectivity index (χ1v) is 13.6. The molecule has 0 bridgehead atoms. The molecule has 11 unspecified atom stereocenters. The van der Waals surface area contributed by atoms with Crippen molar-refractivity contribution >= 4 is 11.8 Å². The van der Waals surface area contributed by atoms with Crippen molar-refractivity contribution in [3.8, 4) is 0 Å². The highest BCUT2D eigenvalue weighted by molar-refractivity contribution is 5.94. The molecule has 35 heavy (non-hydrogen) atoms. The molecule has 5 aliphatic carbocycles. The Bertz CT molecular complexity index is 986. The molecular weight excluding hydrogens is 444 g/mol. The van der Waals surface area contributed by atoms with Crippen molar-refractivity contribution in [2.24, 2.45) is 50.7 Å². The van der Waals surface area contributed by atoms with Crippen LogP contribution in [0.3, 0.4) is 0 Å². The van der Waals surface area contributed by atoms with E-state index in [2.05, 4.69) is 33.8 Å². The minimum atomic E-state index is -1.45. The van der Waals surface area contributed by atoms with Gasteiger partial charge in [0.15, 0.2) is 5.78 Å². The number of aliphatic carboxylic acids is 1. The van der Waals surface area contributed by atoms with Gasteiger partial charge in [-0.3, -0.25) is 9.59 Å². The maximum Gasteiger partial charge on any atom is 0.312 e. The van der Waals surface area contributed by atoms with Crippen LogP contribution in [0, 0.1) is 50.7 Å². The highest BCUT2D eigenvalue weighted by Gasteiger charge is 2.72. The number of carbonyl (C=O) groups excluding carboxylic acids is 1. The minimum Gasteiger partial charge on any atom is -0.481 e. The van der Waals surface area contributed by atoms with Gasteiger partial charge >= 0.3 is 5.97 Å². The number of fused-ring (bicyclic) bond motifs is 7. The lowest BCUT2D eigenvalue weighted by molar-refractivity contribution is -0.238. The molecule has 0 saturated heterocycles. The molecule has 0 aromatic carbocycles. The molecule has 5 aliphatic rings. The van der Waals surface area contributed by atoms with Gasteiger partial charge in [-0.25, -0.2) is 0 Å². The molecule has 0 aliphatic heterocycles. The smallest absolute Gasteiger partial charge is 0.312 e. The lowest BCUT2D eigenvalue weighted by Gasteiger charge is -2.70. The third kappa shape index (κ3) is 2.94. The van der Waals surface area contributed by atoms with E-state index >= 15 is 0 Å². The zero-order valence-corrected chi connectivity index (χ0v) is 22.2. The van der Waals surface area contributed by atoms with Crippen LogP contribution in [-0.2, 0) is 9.59 Å². The molecule has 5 rings (SSSR count). The van der Waals surface area contributed by atoms with Gasteiger partial charge in [0, 0.05) is 0 Å². The van der Waals surface area contributed by atoms with E-state index in [0.717, 1.165) is 25.7 Å². The highest BCUT2D eigenvalue weighted by Crippen LogP contribution is 2.73. The molecule has 0 spiro atoms. The van der Waals surface area contributed by atoms with Crippen molar-refractivity contribution in [2.45, 2.75) is 105 Å². The summed E-state index contributed by atoms with van der Waals surface area (Å²) in [5.74, 6) is -1.33. The van der Waals surface area contributed by atoms with E-state index < -0.39 is 45.9 Å². The fourth-order valence-electron chi connectivity index (χ4n) is 10.3. The van der Waals surface area contributed by atoms with Crippen LogP contribution >= 0.6 is 0 Å². The van der Waals surface area contributed by atoms with Crippen LogP contribution in [0.4, 0.5) is 0 Å². The van der Waals surface area contributed by atoms with Crippen molar-refractivity contribution in [1.29, 1.82) is 0 Å². The zero-order chi connectivity index (χ0) is 25.9. The first kappa shape index (κ1) is 25.4. The van der Waals surface area contributed by atoms with Crippen molar-refractivity contribution in [2.75, 3.05) is 0 Å². The molecule has 0 amide bonds. The average molecular weight is 489 g/mol. The SMILES string of the molecule is CC1(C)CCC2C(O)C(=O)C3(C)C(=CCC4C5(C)CC(O)C(O)C(C)(C(=O)O)C5CCC43C)C2C1. The summed E-state index contributed by atoms with van der Waals surface area (Å²) >= 11 is 0. The standard InChI is InChI=1S/C29H44O6/c1-25(2)11-9-15-16(13-25)17-7-8-19-26(3)14-18(30)22(32)28(5,24(34)35)20(26)10-12-27(19,4)29(17,6)23(33)21(15)31/h7,15-16,18-22,30-32H,8-14H2,1-6H3,(H,34,35). The van der Waals surface area contributed by atoms with Gasteiger partial charge in [-0.2, -0.15) is 0 Å². The van der Waals surface area contributed by atoms with Crippen LogP contribution in [0.2, 0.25) is 0 Å². The number of Topliss-reactive ketones (excluding diaryl/α,β-unsaturated/α-hetero) is 1. The largest absolute Gasteiger partial charge is 0.481 e. The molecule has 0 aromatic rings. The number of allylic oxidation sites excluding steroid dienone is 2. The third-order valence-corrected chi connectivity index (χ3v) is 12.4. The Balaban J connectivity index is 1.64. The maximum absolute atomic E-state index is 14.1. The fourth-order valence-corrected chi connectivity index (χ4v) is 10.3. The minimum absolute atomic E-state index is 0.0242. The van der Waals surface area contributed by atoms with E-state index in [-0.39, 0.29) is 34.9 Å². The van der Waals surface area contributed by atoms with Crippen molar-refractivity contribution in [1.82, 2.24) is 0 Å². The van der Waals surface area contributed by atoms with Gasteiger partial charge in [-0.15, -0.1) is 0 Å². The van der Waals surface area contributed by atoms with Gasteiger partial charge in [-0.05, 0) is 98.7 Å². The van der Waals surface area contributed by atoms with E-state index in [1.165, 1.54) is 5.57 Å². The molecule has 0 aromatic heterocycles. The summed E-state index contributed by atoms with van der Waals surface area (Å²) in [6, 6.07) is 0. The van der Waals surface area contributed by atoms with Crippen LogP contribution in [0.5, 0.6) is 0 Å². The molecule has 4 N–H and O–H groups in total. The Morgan fingerprint density at radius 2 is 1.60 bits per heavy atom. The predicted octanol–water partition coefficient (Wildman–Crippen LogP) is 3.96. The topological polar surface area (TPSA) is 115 Å². The summed E-state index contributed by atoms with van der Waals surface area (Å²) in [4.78, 5) is 26.6. The summed E-state index contributed by atoms with van der Waals surface area (Å²) in [5.41, 5.74) is -1.93. The van der Waals surface area contributed by atoms with Crippen LogP contribution in [-0.4, -0.2) is 50.5 Å². The lowest BCUT2D eigenvalue weighted by atomic mass is 9.34. The van der Waals surface area contributed by atoms with Gasteiger partial charge in [-0.1, -0.05) is 39.3 Å². The summed E-state index contributed by atoms with van der Waals surface area (Å²) in [6.07, 6.45) is 3.96. The number of carboxylic acid groups (broad SMARTS) is 1. The molecule has 0 heterocycles. The van der Waals surface area contributed by atoms with Gasteiger partial charge in [0.1, 0.15) is 6.10 Å². The number of hydrogen-bond acceptors (Lipinski definition) is 5. The van der Waals surface area contributed by atoms with Crippen LogP contribution in [0.1, 0.15) is 86.5 Å². The number of carboxylic acids is 1. The molecule has 6 heteroatoms. The monoisotopic (exact) mass is 488 g/mol. The van der Waals surface area contributed by atoms with E-state index in [9.17, 15) is 30.0 Å². The van der Waals surface area contributed by atoms with Gasteiger partial charge in [0.05, 0.1) is 23.0 Å². The molecular formula is C29H44O6. The van der Waals surface area contributed by atoms with E-state index in [4.69, 9.17) is 0 Å². The Kier molecular flexibility index (Phi) is 5.38. The summed E-state index contributed by atoms with van der Waals surface area (Å²) in [7, 11) is 0. The highest BCUT2D eigenvalue weighted by atomic mass is 16.4. The quantitative estimate of drug-likeness (QED) is 0.415. The Morgan fingerprint density at radius 3 is 2.23 bits per heavy atom. The Labute approximate surface area is 209 Å². The summed E-state index contributed by atoms with van der Waals surface area (Å²) in [6.45, 7) is 12.5. The predicted molar refractivity (Wildman–Crippen MR) is 131 cm³/mol. The number of ketones is 1. The van der Waals surface area contributed by atoms with Crippen molar-refractivity contribution in [3.05, 3.63) is 11.6 Å². The molecule has 196 valence electrons. The molecule has 4 fully saturated rings. The number of rotatable bonds is 1. The Morgan fingerprint density at radius 1 is 0.943 bits per heavy atom. The second-order valence-corrected chi connectivity index (χ2v) is 14.4. The molecule has 11 atom stereocenters. The first-order valence-electron chi connectivity index (χ1n) is 13.6. The van der Waals surface area contributed by atoms with Crippen LogP contribution in [0.15, 0.2) is 11.6 Å². The second kappa shape index (κ2) is 7.41. The summed E-state index contributed by atoms with van der Waals surface area (Å²) < 4.78 is 0. The molecule has 6 nitrogen and oxygen atoms in total. The Hall–Kier alpha value is -1.24. The normalized spacial score (nSPS) is 55.1. The number of aliphatic hydroxyl groups is 3. The first-order chi connectivity index (χ1) is 16.1. The number of carbonyl (C=O) groups is 2. The van der Waals surface area contributed by atoms with E-state index in [1.54, 1.807) is 6.92 Å². The van der Waals surface area contributed by atoms with Crippen LogP contribution in [0.25, 0.3) is 0 Å². The van der Waals surface area contributed by atoms with Crippen molar-refractivity contribution < 1.29 is 30.0 Å². The zero-order valence-electron chi connectivity index (χ0n) is 22.2. The summed E-state index contributed by atoms with van der Waals surface area (Å²) in [5, 5.41) is 43.3.